The molecule has 0 saturated carbocycles. The lowest BCUT2D eigenvalue weighted by atomic mass is 10.2. The number of aliphatic hydroxyl groups is 1. The summed E-state index contributed by atoms with van der Waals surface area (Å²) in [5, 5.41) is 16.3. The van der Waals surface area contributed by atoms with E-state index in [4.69, 9.17) is 0 Å². The van der Waals surface area contributed by atoms with Crippen LogP contribution in [0.2, 0.25) is 0 Å². The first-order valence-corrected chi connectivity index (χ1v) is 9.52. The summed E-state index contributed by atoms with van der Waals surface area (Å²) in [7, 11) is 0. The number of imidazole rings is 1. The summed E-state index contributed by atoms with van der Waals surface area (Å²) in [6.07, 6.45) is 3.63. The van der Waals surface area contributed by atoms with E-state index in [2.05, 4.69) is 58.5 Å². The van der Waals surface area contributed by atoms with Gasteiger partial charge in [0, 0.05) is 12.6 Å². The Balaban J connectivity index is 1.94. The molecule has 7 heteroatoms. The van der Waals surface area contributed by atoms with Gasteiger partial charge in [0.05, 0.1) is 19.0 Å². The zero-order chi connectivity index (χ0) is 19.2. The second kappa shape index (κ2) is 8.81. The van der Waals surface area contributed by atoms with Gasteiger partial charge in [0.1, 0.15) is 0 Å². The van der Waals surface area contributed by atoms with Gasteiger partial charge in [-0.25, -0.2) is 4.98 Å². The van der Waals surface area contributed by atoms with Crippen LogP contribution in [-0.4, -0.2) is 37.3 Å². The van der Waals surface area contributed by atoms with E-state index in [-0.39, 0.29) is 18.7 Å². The maximum Gasteiger partial charge on any atom is 0.227 e. The van der Waals surface area contributed by atoms with E-state index in [1.165, 1.54) is 5.56 Å². The van der Waals surface area contributed by atoms with Crippen molar-refractivity contribution in [2.45, 2.75) is 52.2 Å². The Morgan fingerprint density at radius 2 is 1.93 bits per heavy atom. The molecule has 0 aliphatic carbocycles. The van der Waals surface area contributed by atoms with Crippen LogP contribution in [0.25, 0.3) is 11.2 Å². The van der Waals surface area contributed by atoms with Crippen molar-refractivity contribution in [2.75, 3.05) is 17.2 Å². The van der Waals surface area contributed by atoms with Crippen LogP contribution in [0.15, 0.2) is 36.7 Å². The molecule has 7 nitrogen and oxygen atoms in total. The zero-order valence-electron chi connectivity index (χ0n) is 16.2. The highest BCUT2D eigenvalue weighted by Crippen LogP contribution is 2.24. The molecule has 0 spiro atoms. The van der Waals surface area contributed by atoms with Gasteiger partial charge in [-0.2, -0.15) is 9.97 Å². The van der Waals surface area contributed by atoms with E-state index >= 15 is 0 Å². The maximum absolute atomic E-state index is 9.60. The van der Waals surface area contributed by atoms with Gasteiger partial charge in [0.15, 0.2) is 17.0 Å². The van der Waals surface area contributed by atoms with Gasteiger partial charge < -0.3 is 20.3 Å². The largest absolute Gasteiger partial charge is 0.394 e. The normalized spacial score (nSPS) is 12.5. The number of nitrogens with zero attached hydrogens (tertiary/aromatic N) is 4. The van der Waals surface area contributed by atoms with E-state index in [9.17, 15) is 5.11 Å². The predicted octanol–water partition coefficient (Wildman–Crippen LogP) is 3.59. The van der Waals surface area contributed by atoms with Crippen molar-refractivity contribution in [3.05, 3.63) is 42.2 Å². The van der Waals surface area contributed by atoms with Crippen molar-refractivity contribution >= 4 is 22.9 Å². The third-order valence-electron chi connectivity index (χ3n) is 4.47. The zero-order valence-corrected chi connectivity index (χ0v) is 16.2. The molecule has 3 N–H and O–H groups in total. The van der Waals surface area contributed by atoms with Gasteiger partial charge in [-0.05, 0) is 25.8 Å². The number of benzene rings is 1. The van der Waals surface area contributed by atoms with Crippen molar-refractivity contribution in [3.63, 3.8) is 0 Å². The van der Waals surface area contributed by atoms with Crippen LogP contribution in [-0.2, 0) is 6.54 Å². The molecule has 2 heterocycles. The Morgan fingerprint density at radius 3 is 2.59 bits per heavy atom. The van der Waals surface area contributed by atoms with Gasteiger partial charge >= 0.3 is 0 Å². The lowest BCUT2D eigenvalue weighted by Gasteiger charge is -2.17. The number of hydrogen-bond acceptors (Lipinski definition) is 6. The number of anilines is 2. The summed E-state index contributed by atoms with van der Waals surface area (Å²) in [6.45, 7) is 6.99. The van der Waals surface area contributed by atoms with Gasteiger partial charge in [-0.1, -0.05) is 43.7 Å². The minimum absolute atomic E-state index is 0.0471. The highest BCUT2D eigenvalue weighted by molar-refractivity contribution is 5.84. The van der Waals surface area contributed by atoms with Gasteiger partial charge in [-0.3, -0.25) is 0 Å². The standard InChI is InChI=1S/C20H28N6O/c1-4-8-16(12-27)23-20-24-18(21-11-15-9-6-5-7-10-15)17-19(25-20)26(13-22-17)14(2)3/h5-7,9-10,13-14,16,27H,4,8,11-12H2,1-3H3,(H2,21,23,24,25)/t16-/m1/s1. The minimum Gasteiger partial charge on any atom is -0.394 e. The molecule has 0 radical (unpaired) electrons. The number of fused-ring (bicyclic) bond motifs is 1. The molecule has 144 valence electrons. The van der Waals surface area contributed by atoms with Crippen LogP contribution >= 0.6 is 0 Å². The quantitative estimate of drug-likeness (QED) is 0.535. The minimum atomic E-state index is -0.0650. The predicted molar refractivity (Wildman–Crippen MR) is 109 cm³/mol. The van der Waals surface area contributed by atoms with E-state index in [1.54, 1.807) is 6.33 Å². The lowest BCUT2D eigenvalue weighted by molar-refractivity contribution is 0.268. The van der Waals surface area contributed by atoms with Crippen molar-refractivity contribution < 1.29 is 5.11 Å². The molecule has 2 aromatic heterocycles. The molecule has 0 bridgehead atoms. The number of aliphatic hydroxyl groups excluding tert-OH is 1. The Bertz CT molecular complexity index is 862. The third-order valence-corrected chi connectivity index (χ3v) is 4.47. The molecular weight excluding hydrogens is 340 g/mol. The maximum atomic E-state index is 9.60. The molecule has 0 aliphatic heterocycles. The number of hydrogen-bond donors (Lipinski definition) is 3. The van der Waals surface area contributed by atoms with Crippen LogP contribution < -0.4 is 10.6 Å². The Hall–Kier alpha value is -2.67. The summed E-state index contributed by atoms with van der Waals surface area (Å²) < 4.78 is 2.03. The fourth-order valence-electron chi connectivity index (χ4n) is 3.00. The van der Waals surface area contributed by atoms with E-state index in [0.29, 0.717) is 18.3 Å². The summed E-state index contributed by atoms with van der Waals surface area (Å²) in [5.74, 6) is 1.20. The first-order chi connectivity index (χ1) is 13.1. The molecule has 0 fully saturated rings. The molecule has 1 aromatic carbocycles. The number of rotatable bonds is 9. The second-order valence-corrected chi connectivity index (χ2v) is 6.97. The molecule has 1 atom stereocenters. The smallest absolute Gasteiger partial charge is 0.227 e. The topological polar surface area (TPSA) is 87.9 Å². The van der Waals surface area contributed by atoms with Gasteiger partial charge in [0.25, 0.3) is 0 Å². The van der Waals surface area contributed by atoms with Crippen molar-refractivity contribution in [2.24, 2.45) is 0 Å². The molecule has 0 unspecified atom stereocenters. The first-order valence-electron chi connectivity index (χ1n) is 9.52. The van der Waals surface area contributed by atoms with Crippen LogP contribution in [0.5, 0.6) is 0 Å². The van der Waals surface area contributed by atoms with Crippen LogP contribution in [0.4, 0.5) is 11.8 Å². The van der Waals surface area contributed by atoms with Crippen molar-refractivity contribution in [1.82, 2.24) is 19.5 Å². The van der Waals surface area contributed by atoms with E-state index < -0.39 is 0 Å². The number of aromatic nitrogens is 4. The molecule has 3 rings (SSSR count). The average molecular weight is 368 g/mol. The summed E-state index contributed by atoms with van der Waals surface area (Å²) in [5.41, 5.74) is 2.70. The third kappa shape index (κ3) is 4.54. The first kappa shape index (κ1) is 19.1. The lowest BCUT2D eigenvalue weighted by Crippen LogP contribution is -2.25. The summed E-state index contributed by atoms with van der Waals surface area (Å²) >= 11 is 0. The monoisotopic (exact) mass is 368 g/mol. The summed E-state index contributed by atoms with van der Waals surface area (Å²) in [6, 6.07) is 10.4. The van der Waals surface area contributed by atoms with Crippen LogP contribution in [0.3, 0.4) is 0 Å². The second-order valence-electron chi connectivity index (χ2n) is 6.97. The van der Waals surface area contributed by atoms with Gasteiger partial charge in [-0.15, -0.1) is 0 Å². The van der Waals surface area contributed by atoms with Crippen molar-refractivity contribution in [1.29, 1.82) is 0 Å². The summed E-state index contributed by atoms with van der Waals surface area (Å²) in [4.78, 5) is 13.8. The highest BCUT2D eigenvalue weighted by Gasteiger charge is 2.16. The van der Waals surface area contributed by atoms with Gasteiger partial charge in [0.2, 0.25) is 5.95 Å². The average Bonchev–Trinajstić information content (AvgIpc) is 3.11. The molecule has 0 saturated heterocycles. The fourth-order valence-corrected chi connectivity index (χ4v) is 3.00. The molecule has 3 aromatic rings. The SMILES string of the molecule is CCC[C@H](CO)Nc1nc(NCc2ccccc2)c2ncn(C(C)C)c2n1. The van der Waals surface area contributed by atoms with E-state index in [0.717, 1.165) is 24.0 Å². The van der Waals surface area contributed by atoms with E-state index in [1.807, 2.05) is 22.8 Å². The molecule has 27 heavy (non-hydrogen) atoms. The molecule has 0 amide bonds. The Morgan fingerprint density at radius 1 is 1.15 bits per heavy atom. The Kier molecular flexibility index (Phi) is 6.24. The Labute approximate surface area is 159 Å². The van der Waals surface area contributed by atoms with Crippen LogP contribution in [0, 0.1) is 0 Å². The van der Waals surface area contributed by atoms with Crippen LogP contribution in [0.1, 0.15) is 45.2 Å². The molecule has 0 aliphatic rings. The number of nitrogens with one attached hydrogen (secondary N) is 2. The molecular formula is C20H28N6O. The highest BCUT2D eigenvalue weighted by atomic mass is 16.3. The fraction of sp³-hybridized carbons (Fsp3) is 0.450. The van der Waals surface area contributed by atoms with Crippen molar-refractivity contribution in [3.8, 4) is 0 Å².